The lowest BCUT2D eigenvalue weighted by Gasteiger charge is -2.25. The van der Waals surface area contributed by atoms with Gasteiger partial charge in [-0.25, -0.2) is 14.8 Å². The molecule has 2 unspecified atom stereocenters. The second-order valence-corrected chi connectivity index (χ2v) is 11.5. The third kappa shape index (κ3) is 5.78. The van der Waals surface area contributed by atoms with E-state index in [0.717, 1.165) is 75.2 Å². The Morgan fingerprint density at radius 2 is 2.08 bits per heavy atom. The van der Waals surface area contributed by atoms with Crippen LogP contribution in [0.2, 0.25) is 0 Å². The van der Waals surface area contributed by atoms with Crippen LogP contribution in [-0.4, -0.2) is 57.0 Å². The Morgan fingerprint density at radius 1 is 1.15 bits per heavy atom. The van der Waals surface area contributed by atoms with Gasteiger partial charge >= 0.3 is 6.03 Å². The molecule has 0 bridgehead atoms. The average Bonchev–Trinajstić information content (AvgIpc) is 3.71. The zero-order valence-electron chi connectivity index (χ0n) is 23.0. The van der Waals surface area contributed by atoms with Gasteiger partial charge in [0, 0.05) is 37.7 Å². The van der Waals surface area contributed by atoms with Gasteiger partial charge in [0.2, 0.25) is 5.95 Å². The summed E-state index contributed by atoms with van der Waals surface area (Å²) >= 11 is 0. The number of carbonyl (C=O) groups excluding carboxylic acids is 1. The number of nitrogens with one attached hydrogen (secondary N) is 2. The van der Waals surface area contributed by atoms with E-state index in [9.17, 15) is 4.79 Å². The number of aryl methyl sites for hydroxylation is 1. The summed E-state index contributed by atoms with van der Waals surface area (Å²) in [6.07, 6.45) is 11.9. The number of rotatable bonds is 6. The molecule has 1 aromatic carbocycles. The fraction of sp³-hybridized carbons (Fsp3) is 0.533. The number of carbonyl (C=O) groups is 1. The first-order valence-electron chi connectivity index (χ1n) is 14.4. The van der Waals surface area contributed by atoms with Gasteiger partial charge < -0.3 is 20.3 Å². The second-order valence-electron chi connectivity index (χ2n) is 11.5. The molecule has 2 saturated heterocycles. The molecule has 3 aliphatic rings. The standard InChI is InChI=1S/C30H39N7O2/c1-20(2)23-10-13-36(17-23)30(38)35-28-6-4-3-5-21-15-22(7-8-26(21)28)27-9-12-31-29(34-27)33-24-16-32-37(18-24)25-11-14-39-19-25/h7-9,12,15-16,18,20,23,25,28H,3-6,10-11,13-14,17,19H2,1-2H3,(H,35,38)(H,31,33,34)/t23?,25-,28?/m1/s1. The summed E-state index contributed by atoms with van der Waals surface area (Å²) in [5.74, 6) is 1.76. The molecule has 0 radical (unpaired) electrons. The lowest BCUT2D eigenvalue weighted by molar-refractivity contribution is 0.184. The summed E-state index contributed by atoms with van der Waals surface area (Å²) in [4.78, 5) is 24.4. The first kappa shape index (κ1) is 25.8. The highest BCUT2D eigenvalue weighted by Gasteiger charge is 2.30. The number of benzene rings is 1. The average molecular weight is 530 g/mol. The predicted octanol–water partition coefficient (Wildman–Crippen LogP) is 5.50. The van der Waals surface area contributed by atoms with Crippen molar-refractivity contribution in [3.05, 3.63) is 54.0 Å². The maximum Gasteiger partial charge on any atom is 0.317 e. The van der Waals surface area contributed by atoms with E-state index < -0.39 is 0 Å². The van der Waals surface area contributed by atoms with Gasteiger partial charge in [0.05, 0.1) is 36.3 Å². The SMILES string of the molecule is CC(C)C1CCN(C(=O)NC2CCCCc3cc(-c4ccnc(Nc5cnn([C@@H]6CCOC6)c5)n4)ccc32)C1. The van der Waals surface area contributed by atoms with Crippen LogP contribution < -0.4 is 10.6 Å². The van der Waals surface area contributed by atoms with Gasteiger partial charge in [-0.1, -0.05) is 32.4 Å². The Kier molecular flexibility index (Phi) is 7.50. The highest BCUT2D eigenvalue weighted by Crippen LogP contribution is 2.33. The number of hydrogen-bond acceptors (Lipinski definition) is 6. The van der Waals surface area contributed by atoms with Crippen LogP contribution in [0.25, 0.3) is 11.3 Å². The van der Waals surface area contributed by atoms with E-state index in [1.807, 2.05) is 21.8 Å². The van der Waals surface area contributed by atoms with Gasteiger partial charge in [0.1, 0.15) is 0 Å². The number of fused-ring (bicyclic) bond motifs is 1. The molecule has 39 heavy (non-hydrogen) atoms. The van der Waals surface area contributed by atoms with Crippen LogP contribution in [0.1, 0.15) is 69.2 Å². The van der Waals surface area contributed by atoms with E-state index in [4.69, 9.17) is 9.72 Å². The summed E-state index contributed by atoms with van der Waals surface area (Å²) in [6.45, 7) is 7.70. The number of urea groups is 1. The van der Waals surface area contributed by atoms with Gasteiger partial charge in [-0.05, 0) is 67.2 Å². The van der Waals surface area contributed by atoms with Crippen molar-refractivity contribution in [2.24, 2.45) is 11.8 Å². The Labute approximate surface area is 230 Å². The Balaban J connectivity index is 1.16. The number of ether oxygens (including phenoxy) is 1. The molecule has 9 nitrogen and oxygen atoms in total. The van der Waals surface area contributed by atoms with Crippen molar-refractivity contribution in [1.29, 1.82) is 0 Å². The Morgan fingerprint density at radius 3 is 2.90 bits per heavy atom. The first-order valence-corrected chi connectivity index (χ1v) is 14.4. The molecule has 3 aromatic rings. The van der Waals surface area contributed by atoms with Gasteiger partial charge in [-0.2, -0.15) is 5.10 Å². The molecule has 1 aliphatic carbocycles. The number of nitrogens with zero attached hydrogens (tertiary/aromatic N) is 5. The Hall–Kier alpha value is -3.46. The van der Waals surface area contributed by atoms with Crippen LogP contribution in [0.4, 0.5) is 16.4 Å². The topological polar surface area (TPSA) is 97.2 Å². The maximum atomic E-state index is 13.1. The van der Waals surface area contributed by atoms with Gasteiger partial charge in [-0.15, -0.1) is 0 Å². The number of amides is 2. The van der Waals surface area contributed by atoms with Gasteiger partial charge in [-0.3, -0.25) is 4.68 Å². The van der Waals surface area contributed by atoms with E-state index in [1.54, 1.807) is 12.4 Å². The van der Waals surface area contributed by atoms with Crippen LogP contribution in [0.15, 0.2) is 42.9 Å². The van der Waals surface area contributed by atoms with Crippen molar-refractivity contribution < 1.29 is 9.53 Å². The van der Waals surface area contributed by atoms with Crippen molar-refractivity contribution in [1.82, 2.24) is 30.0 Å². The summed E-state index contributed by atoms with van der Waals surface area (Å²) in [7, 11) is 0. The minimum Gasteiger partial charge on any atom is -0.379 e. The van der Waals surface area contributed by atoms with Crippen LogP contribution in [0.5, 0.6) is 0 Å². The number of hydrogen-bond donors (Lipinski definition) is 2. The van der Waals surface area contributed by atoms with Crippen molar-refractivity contribution in [2.45, 2.75) is 64.5 Å². The molecule has 0 spiro atoms. The molecule has 2 amide bonds. The van der Waals surface area contributed by atoms with Crippen LogP contribution >= 0.6 is 0 Å². The van der Waals surface area contributed by atoms with Gasteiger partial charge in [0.25, 0.3) is 0 Å². The van der Waals surface area contributed by atoms with Crippen molar-refractivity contribution in [2.75, 3.05) is 31.6 Å². The lowest BCUT2D eigenvalue weighted by atomic mass is 9.95. The fourth-order valence-corrected chi connectivity index (χ4v) is 6.09. The molecule has 4 heterocycles. The summed E-state index contributed by atoms with van der Waals surface area (Å²) in [5.41, 5.74) is 5.32. The molecule has 2 aliphatic heterocycles. The largest absolute Gasteiger partial charge is 0.379 e. The molecule has 2 aromatic heterocycles. The third-order valence-corrected chi connectivity index (χ3v) is 8.55. The fourth-order valence-electron chi connectivity index (χ4n) is 6.09. The summed E-state index contributed by atoms with van der Waals surface area (Å²) in [6, 6.07) is 8.91. The molecule has 3 atom stereocenters. The summed E-state index contributed by atoms with van der Waals surface area (Å²) in [5, 5.41) is 11.1. The second kappa shape index (κ2) is 11.3. The predicted molar refractivity (Wildman–Crippen MR) is 151 cm³/mol. The zero-order valence-corrected chi connectivity index (χ0v) is 23.0. The Bertz CT molecular complexity index is 1300. The smallest absolute Gasteiger partial charge is 0.317 e. The number of aromatic nitrogens is 4. The van der Waals surface area contributed by atoms with Crippen molar-refractivity contribution >= 4 is 17.7 Å². The lowest BCUT2D eigenvalue weighted by Crippen LogP contribution is -2.40. The van der Waals surface area contributed by atoms with E-state index in [2.05, 4.69) is 52.8 Å². The van der Waals surface area contributed by atoms with E-state index in [0.29, 0.717) is 24.4 Å². The molecule has 6 rings (SSSR count). The molecule has 2 fully saturated rings. The molecule has 0 saturated carbocycles. The molecule has 9 heteroatoms. The molecular weight excluding hydrogens is 490 g/mol. The molecule has 206 valence electrons. The molecular formula is C30H39N7O2. The first-order chi connectivity index (χ1) is 19.0. The molecule has 2 N–H and O–H groups in total. The quantitative estimate of drug-likeness (QED) is 0.409. The van der Waals surface area contributed by atoms with Gasteiger partial charge in [0.15, 0.2) is 0 Å². The van der Waals surface area contributed by atoms with Crippen molar-refractivity contribution in [3.63, 3.8) is 0 Å². The van der Waals surface area contributed by atoms with E-state index >= 15 is 0 Å². The minimum absolute atomic E-state index is 0.0478. The normalized spacial score (nSPS) is 23.1. The highest BCUT2D eigenvalue weighted by atomic mass is 16.5. The zero-order chi connectivity index (χ0) is 26.8. The van der Waals surface area contributed by atoms with Crippen LogP contribution in [0.3, 0.4) is 0 Å². The highest BCUT2D eigenvalue weighted by molar-refractivity contribution is 5.75. The van der Waals surface area contributed by atoms with Crippen LogP contribution in [0, 0.1) is 11.8 Å². The summed E-state index contributed by atoms with van der Waals surface area (Å²) < 4.78 is 7.43. The number of likely N-dealkylation sites (tertiary alicyclic amines) is 1. The number of anilines is 2. The monoisotopic (exact) mass is 529 g/mol. The van der Waals surface area contributed by atoms with E-state index in [-0.39, 0.29) is 18.1 Å². The minimum atomic E-state index is 0.0478. The van der Waals surface area contributed by atoms with E-state index in [1.165, 1.54) is 11.1 Å². The maximum absolute atomic E-state index is 13.1. The van der Waals surface area contributed by atoms with Crippen molar-refractivity contribution in [3.8, 4) is 11.3 Å². The third-order valence-electron chi connectivity index (χ3n) is 8.55. The van der Waals surface area contributed by atoms with Crippen LogP contribution in [-0.2, 0) is 11.2 Å².